The Balaban J connectivity index is 2.21. The molecule has 2 aromatic rings. The molecule has 3 nitrogen and oxygen atoms in total. The molecule has 0 fully saturated rings. The van der Waals surface area contributed by atoms with Gasteiger partial charge in [-0.05, 0) is 19.7 Å². The molecule has 0 saturated heterocycles. The number of hydrogen-bond donors (Lipinski definition) is 1. The van der Waals surface area contributed by atoms with Gasteiger partial charge in [0.25, 0.3) is 0 Å². The Morgan fingerprint density at radius 1 is 1.20 bits per heavy atom. The summed E-state index contributed by atoms with van der Waals surface area (Å²) in [6, 6.07) is 10.2. The number of imidazole rings is 1. The highest BCUT2D eigenvalue weighted by molar-refractivity contribution is 5.57. The first-order valence-electron chi connectivity index (χ1n) is 5.00. The zero-order valence-corrected chi connectivity index (χ0v) is 9.07. The van der Waals surface area contributed by atoms with E-state index in [2.05, 4.69) is 27.0 Å². The third kappa shape index (κ3) is 2.44. The van der Waals surface area contributed by atoms with E-state index in [1.807, 2.05) is 38.5 Å². The van der Waals surface area contributed by atoms with Crippen molar-refractivity contribution < 1.29 is 0 Å². The number of aromatic nitrogens is 2. The van der Waals surface area contributed by atoms with E-state index in [4.69, 9.17) is 0 Å². The molecule has 0 bridgehead atoms. The Morgan fingerprint density at radius 3 is 2.60 bits per heavy atom. The summed E-state index contributed by atoms with van der Waals surface area (Å²) >= 11 is 0. The van der Waals surface area contributed by atoms with E-state index in [0.29, 0.717) is 0 Å². The molecule has 0 saturated carbocycles. The molecule has 0 amide bonds. The maximum Gasteiger partial charge on any atom is 0.120 e. The Kier molecular flexibility index (Phi) is 2.83. The van der Waals surface area contributed by atoms with Crippen LogP contribution in [-0.4, -0.2) is 29.0 Å². The third-order valence-electron chi connectivity index (χ3n) is 2.18. The highest BCUT2D eigenvalue weighted by atomic mass is 15.1. The van der Waals surface area contributed by atoms with E-state index in [-0.39, 0.29) is 0 Å². The Morgan fingerprint density at radius 2 is 1.93 bits per heavy atom. The van der Waals surface area contributed by atoms with E-state index in [1.165, 1.54) is 5.56 Å². The molecule has 1 aromatic heterocycles. The molecular formula is C12H15N3. The van der Waals surface area contributed by atoms with Crippen LogP contribution in [0.25, 0.3) is 11.3 Å². The summed E-state index contributed by atoms with van der Waals surface area (Å²) in [5, 5.41) is 0. The van der Waals surface area contributed by atoms with Crippen LogP contribution >= 0.6 is 0 Å². The molecule has 15 heavy (non-hydrogen) atoms. The first kappa shape index (κ1) is 9.93. The molecule has 3 heteroatoms. The monoisotopic (exact) mass is 201 g/mol. The van der Waals surface area contributed by atoms with Crippen molar-refractivity contribution in [3.05, 3.63) is 42.4 Å². The van der Waals surface area contributed by atoms with E-state index >= 15 is 0 Å². The average Bonchev–Trinajstić information content (AvgIpc) is 2.67. The molecule has 0 atom stereocenters. The van der Waals surface area contributed by atoms with E-state index in [1.54, 1.807) is 0 Å². The number of rotatable bonds is 3. The average molecular weight is 201 g/mol. The first-order chi connectivity index (χ1) is 7.25. The van der Waals surface area contributed by atoms with Crippen LogP contribution in [0.4, 0.5) is 0 Å². The number of nitrogens with zero attached hydrogens (tertiary/aromatic N) is 2. The molecular weight excluding hydrogens is 186 g/mol. The molecule has 1 N–H and O–H groups in total. The Labute approximate surface area is 89.8 Å². The minimum atomic E-state index is 0.840. The lowest BCUT2D eigenvalue weighted by molar-refractivity contribution is 0.392. The summed E-state index contributed by atoms with van der Waals surface area (Å²) in [5.41, 5.74) is 2.25. The summed E-state index contributed by atoms with van der Waals surface area (Å²) in [4.78, 5) is 9.73. The van der Waals surface area contributed by atoms with Crippen molar-refractivity contribution in [2.45, 2.75) is 6.54 Å². The van der Waals surface area contributed by atoms with Crippen LogP contribution < -0.4 is 0 Å². The zero-order chi connectivity index (χ0) is 10.7. The Bertz CT molecular complexity index is 417. The lowest BCUT2D eigenvalue weighted by Gasteiger charge is -2.05. The van der Waals surface area contributed by atoms with E-state index in [9.17, 15) is 0 Å². The lowest BCUT2D eigenvalue weighted by atomic mass is 10.2. The number of nitrogens with one attached hydrogen (secondary N) is 1. The van der Waals surface area contributed by atoms with Crippen molar-refractivity contribution in [1.82, 2.24) is 14.9 Å². The van der Waals surface area contributed by atoms with Gasteiger partial charge in [-0.2, -0.15) is 0 Å². The molecule has 0 aliphatic heterocycles. The van der Waals surface area contributed by atoms with Gasteiger partial charge in [-0.3, -0.25) is 0 Å². The number of aromatic amines is 1. The maximum atomic E-state index is 4.34. The van der Waals surface area contributed by atoms with Gasteiger partial charge in [-0.15, -0.1) is 0 Å². The van der Waals surface area contributed by atoms with Gasteiger partial charge >= 0.3 is 0 Å². The topological polar surface area (TPSA) is 31.9 Å². The minimum absolute atomic E-state index is 0.840. The van der Waals surface area contributed by atoms with Crippen LogP contribution in [0.5, 0.6) is 0 Å². The van der Waals surface area contributed by atoms with Gasteiger partial charge in [0, 0.05) is 0 Å². The highest BCUT2D eigenvalue weighted by Gasteiger charge is 2.02. The second-order valence-electron chi connectivity index (χ2n) is 3.85. The predicted molar refractivity (Wildman–Crippen MR) is 61.4 cm³/mol. The SMILES string of the molecule is CN(C)Cc1ncc(-c2ccccc2)[nH]1. The van der Waals surface area contributed by atoms with Gasteiger partial charge in [0.1, 0.15) is 5.82 Å². The number of hydrogen-bond acceptors (Lipinski definition) is 2. The van der Waals surface area contributed by atoms with Crippen LogP contribution in [0.3, 0.4) is 0 Å². The van der Waals surface area contributed by atoms with Gasteiger partial charge in [0.15, 0.2) is 0 Å². The van der Waals surface area contributed by atoms with Crippen molar-refractivity contribution in [2.24, 2.45) is 0 Å². The summed E-state index contributed by atoms with van der Waals surface area (Å²) < 4.78 is 0. The summed E-state index contributed by atoms with van der Waals surface area (Å²) in [6.45, 7) is 0.840. The van der Waals surface area contributed by atoms with E-state index in [0.717, 1.165) is 18.1 Å². The number of H-pyrrole nitrogens is 1. The smallest absolute Gasteiger partial charge is 0.120 e. The molecule has 1 heterocycles. The fourth-order valence-corrected chi connectivity index (χ4v) is 1.51. The van der Waals surface area contributed by atoms with Crippen LogP contribution in [0.15, 0.2) is 36.5 Å². The third-order valence-corrected chi connectivity index (χ3v) is 2.18. The molecule has 1 aromatic carbocycles. The lowest BCUT2D eigenvalue weighted by Crippen LogP contribution is -2.11. The normalized spacial score (nSPS) is 10.9. The molecule has 0 aliphatic carbocycles. The van der Waals surface area contributed by atoms with Crippen molar-refractivity contribution in [2.75, 3.05) is 14.1 Å². The highest BCUT2D eigenvalue weighted by Crippen LogP contribution is 2.16. The molecule has 0 aliphatic rings. The predicted octanol–water partition coefficient (Wildman–Crippen LogP) is 2.14. The van der Waals surface area contributed by atoms with Crippen LogP contribution in [0, 0.1) is 0 Å². The Hall–Kier alpha value is -1.61. The van der Waals surface area contributed by atoms with Crippen molar-refractivity contribution in [3.63, 3.8) is 0 Å². The molecule has 78 valence electrons. The van der Waals surface area contributed by atoms with Gasteiger partial charge in [0.05, 0.1) is 18.4 Å². The molecule has 0 spiro atoms. The largest absolute Gasteiger partial charge is 0.341 e. The fourth-order valence-electron chi connectivity index (χ4n) is 1.51. The van der Waals surface area contributed by atoms with Gasteiger partial charge in [-0.25, -0.2) is 4.98 Å². The van der Waals surface area contributed by atoms with Crippen LogP contribution in [0.1, 0.15) is 5.82 Å². The number of benzene rings is 1. The maximum absolute atomic E-state index is 4.34. The zero-order valence-electron chi connectivity index (χ0n) is 9.07. The summed E-state index contributed by atoms with van der Waals surface area (Å²) in [6.07, 6.45) is 1.88. The van der Waals surface area contributed by atoms with Gasteiger partial charge < -0.3 is 9.88 Å². The fraction of sp³-hybridized carbons (Fsp3) is 0.250. The quantitative estimate of drug-likeness (QED) is 0.825. The first-order valence-corrected chi connectivity index (χ1v) is 5.00. The van der Waals surface area contributed by atoms with Crippen molar-refractivity contribution >= 4 is 0 Å². The second-order valence-corrected chi connectivity index (χ2v) is 3.85. The second kappa shape index (κ2) is 4.28. The van der Waals surface area contributed by atoms with Gasteiger partial charge in [-0.1, -0.05) is 30.3 Å². The van der Waals surface area contributed by atoms with Crippen LogP contribution in [0.2, 0.25) is 0 Å². The standard InChI is InChI=1S/C12H15N3/c1-15(2)9-12-13-8-11(14-12)10-6-4-3-5-7-10/h3-8H,9H2,1-2H3,(H,13,14). The van der Waals surface area contributed by atoms with E-state index < -0.39 is 0 Å². The minimum Gasteiger partial charge on any atom is -0.341 e. The molecule has 0 unspecified atom stereocenters. The molecule has 2 rings (SSSR count). The van der Waals surface area contributed by atoms with Gasteiger partial charge in [0.2, 0.25) is 0 Å². The summed E-state index contributed by atoms with van der Waals surface area (Å²) in [7, 11) is 4.06. The van der Waals surface area contributed by atoms with Crippen LogP contribution in [-0.2, 0) is 6.54 Å². The van der Waals surface area contributed by atoms with Crippen molar-refractivity contribution in [1.29, 1.82) is 0 Å². The summed E-state index contributed by atoms with van der Waals surface area (Å²) in [5.74, 6) is 0.999. The van der Waals surface area contributed by atoms with Crippen molar-refractivity contribution in [3.8, 4) is 11.3 Å². The molecule has 0 radical (unpaired) electrons.